The molecule has 25 heavy (non-hydrogen) atoms. The number of nitrogens with zero attached hydrogens (tertiary/aromatic N) is 4. The van der Waals surface area contributed by atoms with E-state index in [-0.39, 0.29) is 0 Å². The maximum Gasteiger partial charge on any atom is 0.218 e. The van der Waals surface area contributed by atoms with Crippen LogP contribution >= 0.6 is 27.3 Å². The van der Waals surface area contributed by atoms with E-state index < -0.39 is 0 Å². The average molecular weight is 420 g/mol. The lowest BCUT2D eigenvalue weighted by atomic mass is 10.2. The molecule has 132 valence electrons. The fourth-order valence-electron chi connectivity index (χ4n) is 2.66. The van der Waals surface area contributed by atoms with Gasteiger partial charge in [-0.15, -0.1) is 10.2 Å². The Kier molecular flexibility index (Phi) is 6.23. The molecule has 0 unspecified atom stereocenters. The number of halogens is 1. The Morgan fingerprint density at radius 2 is 1.96 bits per heavy atom. The molecule has 1 aromatic carbocycles. The summed E-state index contributed by atoms with van der Waals surface area (Å²) in [6.45, 7) is 7.76. The third-order valence-corrected chi connectivity index (χ3v) is 5.48. The van der Waals surface area contributed by atoms with Crippen molar-refractivity contribution in [3.8, 4) is 5.13 Å². The van der Waals surface area contributed by atoms with Gasteiger partial charge in [-0.1, -0.05) is 39.4 Å². The molecule has 0 saturated carbocycles. The first-order chi connectivity index (χ1) is 12.2. The normalized spacial score (nSPS) is 11.0. The molecule has 0 aliphatic heterocycles. The zero-order valence-corrected chi connectivity index (χ0v) is 16.8. The standard InChI is InChI=1S/C18H22BrN5S/c1-3-23(4-2)17-21-22-18(25-17)24-10-6-9-16(24)13-20-12-14-7-5-8-15(19)11-14/h5-11,20H,3-4,12-13H2,1-2H3. The summed E-state index contributed by atoms with van der Waals surface area (Å²) in [7, 11) is 0. The van der Waals surface area contributed by atoms with Gasteiger partial charge in [0.05, 0.1) is 0 Å². The van der Waals surface area contributed by atoms with Crippen molar-refractivity contribution >= 4 is 32.4 Å². The highest BCUT2D eigenvalue weighted by Gasteiger charge is 2.12. The minimum absolute atomic E-state index is 0.777. The molecule has 0 radical (unpaired) electrons. The van der Waals surface area contributed by atoms with Crippen LogP contribution in [0.2, 0.25) is 0 Å². The predicted molar refractivity (Wildman–Crippen MR) is 107 cm³/mol. The molecule has 0 aliphatic carbocycles. The van der Waals surface area contributed by atoms with Crippen LogP contribution in [-0.4, -0.2) is 27.9 Å². The van der Waals surface area contributed by atoms with Gasteiger partial charge < -0.3 is 10.2 Å². The van der Waals surface area contributed by atoms with E-state index in [1.807, 2.05) is 12.3 Å². The first kappa shape index (κ1) is 18.1. The number of aromatic nitrogens is 3. The Hall–Kier alpha value is -1.70. The Bertz CT molecular complexity index is 809. The van der Waals surface area contributed by atoms with E-state index in [4.69, 9.17) is 0 Å². The second-order valence-electron chi connectivity index (χ2n) is 5.64. The molecule has 5 nitrogen and oxygen atoms in total. The molecule has 0 fully saturated rings. The van der Waals surface area contributed by atoms with E-state index in [0.29, 0.717) is 0 Å². The highest BCUT2D eigenvalue weighted by Crippen LogP contribution is 2.24. The van der Waals surface area contributed by atoms with Crippen molar-refractivity contribution in [1.29, 1.82) is 0 Å². The second-order valence-corrected chi connectivity index (χ2v) is 7.49. The maximum absolute atomic E-state index is 4.37. The average Bonchev–Trinajstić information content (AvgIpc) is 3.25. The van der Waals surface area contributed by atoms with Crippen molar-refractivity contribution in [2.75, 3.05) is 18.0 Å². The van der Waals surface area contributed by atoms with E-state index in [0.717, 1.165) is 40.9 Å². The van der Waals surface area contributed by atoms with Crippen molar-refractivity contribution in [2.24, 2.45) is 0 Å². The van der Waals surface area contributed by atoms with Gasteiger partial charge in [-0.2, -0.15) is 0 Å². The van der Waals surface area contributed by atoms with E-state index in [1.165, 1.54) is 11.3 Å². The number of anilines is 1. The summed E-state index contributed by atoms with van der Waals surface area (Å²) in [5, 5.41) is 14.1. The Labute approximate surface area is 160 Å². The maximum atomic E-state index is 4.37. The minimum Gasteiger partial charge on any atom is -0.347 e. The first-order valence-corrected chi connectivity index (χ1v) is 10.0. The number of nitrogens with one attached hydrogen (secondary N) is 1. The molecular formula is C18H22BrN5S. The van der Waals surface area contributed by atoms with Crippen molar-refractivity contribution in [2.45, 2.75) is 26.9 Å². The molecule has 0 atom stereocenters. The zero-order chi connectivity index (χ0) is 17.6. The molecule has 0 aliphatic rings. The van der Waals surface area contributed by atoms with Crippen LogP contribution in [-0.2, 0) is 13.1 Å². The predicted octanol–water partition coefficient (Wildman–Crippen LogP) is 4.23. The summed E-state index contributed by atoms with van der Waals surface area (Å²) >= 11 is 5.14. The third kappa shape index (κ3) is 4.48. The van der Waals surface area contributed by atoms with Crippen molar-refractivity contribution in [3.63, 3.8) is 0 Å². The Morgan fingerprint density at radius 3 is 2.72 bits per heavy atom. The number of hydrogen-bond acceptors (Lipinski definition) is 5. The topological polar surface area (TPSA) is 46.0 Å². The Balaban J connectivity index is 1.66. The van der Waals surface area contributed by atoms with Gasteiger partial charge in [0.15, 0.2) is 0 Å². The van der Waals surface area contributed by atoms with Crippen LogP contribution in [0.15, 0.2) is 47.1 Å². The molecule has 2 heterocycles. The van der Waals surface area contributed by atoms with E-state index in [2.05, 4.69) is 85.1 Å². The highest BCUT2D eigenvalue weighted by atomic mass is 79.9. The molecule has 7 heteroatoms. The van der Waals surface area contributed by atoms with Gasteiger partial charge in [0.2, 0.25) is 10.3 Å². The molecule has 2 aromatic heterocycles. The van der Waals surface area contributed by atoms with Crippen LogP contribution in [0.1, 0.15) is 25.1 Å². The number of hydrogen-bond donors (Lipinski definition) is 1. The summed E-state index contributed by atoms with van der Waals surface area (Å²) in [5.74, 6) is 0. The smallest absolute Gasteiger partial charge is 0.218 e. The van der Waals surface area contributed by atoms with Gasteiger partial charge in [0.25, 0.3) is 0 Å². The number of rotatable bonds is 8. The molecule has 0 amide bonds. The van der Waals surface area contributed by atoms with Crippen LogP contribution in [0.5, 0.6) is 0 Å². The molecule has 3 aromatic rings. The molecule has 0 bridgehead atoms. The second kappa shape index (κ2) is 8.60. The van der Waals surface area contributed by atoms with Crippen LogP contribution in [0.25, 0.3) is 5.13 Å². The van der Waals surface area contributed by atoms with Gasteiger partial charge in [-0.05, 0) is 43.7 Å². The summed E-state index contributed by atoms with van der Waals surface area (Å²) in [5.41, 5.74) is 2.43. The van der Waals surface area contributed by atoms with E-state index in [9.17, 15) is 0 Å². The van der Waals surface area contributed by atoms with Crippen LogP contribution in [0.4, 0.5) is 5.13 Å². The summed E-state index contributed by atoms with van der Waals surface area (Å²) < 4.78 is 3.21. The van der Waals surface area contributed by atoms with Gasteiger partial charge in [-0.3, -0.25) is 4.57 Å². The molecular weight excluding hydrogens is 398 g/mol. The van der Waals surface area contributed by atoms with Gasteiger partial charge in [0.1, 0.15) is 0 Å². The molecule has 3 rings (SSSR count). The van der Waals surface area contributed by atoms with Crippen molar-refractivity contribution in [3.05, 3.63) is 58.3 Å². The van der Waals surface area contributed by atoms with Gasteiger partial charge >= 0.3 is 0 Å². The SMILES string of the molecule is CCN(CC)c1nnc(-n2cccc2CNCc2cccc(Br)c2)s1. The lowest BCUT2D eigenvalue weighted by Crippen LogP contribution is -2.21. The zero-order valence-electron chi connectivity index (χ0n) is 14.4. The summed E-state index contributed by atoms with van der Waals surface area (Å²) in [6.07, 6.45) is 2.04. The highest BCUT2D eigenvalue weighted by molar-refractivity contribution is 9.10. The van der Waals surface area contributed by atoms with Crippen molar-refractivity contribution < 1.29 is 0 Å². The van der Waals surface area contributed by atoms with E-state index in [1.54, 1.807) is 11.3 Å². The number of benzene rings is 1. The fourth-order valence-corrected chi connectivity index (χ4v) is 4.09. The Morgan fingerprint density at radius 1 is 1.12 bits per heavy atom. The monoisotopic (exact) mass is 419 g/mol. The largest absolute Gasteiger partial charge is 0.347 e. The molecule has 0 spiro atoms. The lowest BCUT2D eigenvalue weighted by Gasteiger charge is -2.15. The third-order valence-electron chi connectivity index (χ3n) is 4.00. The van der Waals surface area contributed by atoms with Crippen LogP contribution in [0, 0.1) is 0 Å². The van der Waals surface area contributed by atoms with E-state index >= 15 is 0 Å². The lowest BCUT2D eigenvalue weighted by molar-refractivity contribution is 0.668. The van der Waals surface area contributed by atoms with Crippen LogP contribution < -0.4 is 10.2 Å². The first-order valence-electron chi connectivity index (χ1n) is 8.41. The quantitative estimate of drug-likeness (QED) is 0.593. The minimum atomic E-state index is 0.777. The summed E-state index contributed by atoms with van der Waals surface area (Å²) in [4.78, 5) is 2.22. The van der Waals surface area contributed by atoms with Crippen LogP contribution in [0.3, 0.4) is 0 Å². The van der Waals surface area contributed by atoms with Gasteiger partial charge in [-0.25, -0.2) is 0 Å². The fraction of sp³-hybridized carbons (Fsp3) is 0.333. The van der Waals surface area contributed by atoms with Gasteiger partial charge in [0, 0.05) is 42.5 Å². The molecule has 0 saturated heterocycles. The summed E-state index contributed by atoms with van der Waals surface area (Å²) in [6, 6.07) is 12.5. The molecule has 1 N–H and O–H groups in total. The van der Waals surface area contributed by atoms with Crippen molar-refractivity contribution in [1.82, 2.24) is 20.1 Å².